The van der Waals surface area contributed by atoms with E-state index < -0.39 is 0 Å². The van der Waals surface area contributed by atoms with Crippen molar-refractivity contribution in [1.29, 1.82) is 0 Å². The molecule has 0 aromatic heterocycles. The molecule has 1 aliphatic rings. The normalized spacial score (nSPS) is 17.6. The highest BCUT2D eigenvalue weighted by Crippen LogP contribution is 2.25. The first kappa shape index (κ1) is 10.6. The third-order valence-electron chi connectivity index (χ3n) is 3.13. The average Bonchev–Trinajstić information content (AvgIpc) is 2.15. The van der Waals surface area contributed by atoms with Crippen LogP contribution >= 0.6 is 0 Å². The number of nitrogens with zero attached hydrogens (tertiary/aromatic N) is 1. The maximum absolute atomic E-state index is 13.0. The van der Waals surface area contributed by atoms with Gasteiger partial charge < -0.3 is 0 Å². The van der Waals surface area contributed by atoms with Crippen LogP contribution in [0.4, 0.5) is 4.39 Å². The third kappa shape index (κ3) is 2.20. The molecular weight excluding hydrogens is 189 g/mol. The topological polar surface area (TPSA) is 3.24 Å². The molecule has 0 N–H and O–H groups in total. The first-order chi connectivity index (χ1) is 6.97. The molecule has 0 saturated carbocycles. The van der Waals surface area contributed by atoms with Crippen LogP contribution in [0.25, 0.3) is 0 Å². The Morgan fingerprint density at radius 2 is 1.93 bits per heavy atom. The Hall–Kier alpha value is -0.890. The molecule has 1 aliphatic heterocycles. The molecule has 0 atom stereocenters. The molecule has 0 spiro atoms. The van der Waals surface area contributed by atoms with Crippen LogP contribution in [0, 0.1) is 5.82 Å². The largest absolute Gasteiger partial charge is 0.294 e. The molecule has 0 radical (unpaired) electrons. The second-order valence-corrected chi connectivity index (χ2v) is 5.26. The molecule has 1 aromatic rings. The van der Waals surface area contributed by atoms with Crippen molar-refractivity contribution in [2.45, 2.75) is 39.3 Å². The van der Waals surface area contributed by atoms with Crippen LogP contribution < -0.4 is 0 Å². The molecule has 82 valence electrons. The summed E-state index contributed by atoms with van der Waals surface area (Å²) in [4.78, 5) is 2.44. The predicted octanol–water partition coefficient (Wildman–Crippen LogP) is 2.98. The molecule has 15 heavy (non-hydrogen) atoms. The van der Waals surface area contributed by atoms with E-state index in [1.165, 1.54) is 11.1 Å². The Kier molecular flexibility index (Phi) is 2.55. The summed E-state index contributed by atoms with van der Waals surface area (Å²) in [6.07, 6.45) is 0.963. The van der Waals surface area contributed by atoms with Crippen molar-refractivity contribution in [2.24, 2.45) is 0 Å². The number of hydrogen-bond acceptors (Lipinski definition) is 1. The highest BCUT2D eigenvalue weighted by atomic mass is 19.1. The number of rotatable bonds is 0. The van der Waals surface area contributed by atoms with Crippen molar-refractivity contribution < 1.29 is 4.39 Å². The van der Waals surface area contributed by atoms with Gasteiger partial charge in [0.1, 0.15) is 5.82 Å². The zero-order valence-corrected chi connectivity index (χ0v) is 9.68. The van der Waals surface area contributed by atoms with Gasteiger partial charge >= 0.3 is 0 Å². The van der Waals surface area contributed by atoms with Gasteiger partial charge in [-0.1, -0.05) is 6.07 Å². The van der Waals surface area contributed by atoms with Crippen LogP contribution in [-0.4, -0.2) is 17.0 Å². The van der Waals surface area contributed by atoms with Gasteiger partial charge in [0.25, 0.3) is 0 Å². The van der Waals surface area contributed by atoms with Crippen LogP contribution in [0.2, 0.25) is 0 Å². The molecule has 0 saturated heterocycles. The molecule has 2 rings (SSSR count). The van der Waals surface area contributed by atoms with Gasteiger partial charge in [-0.25, -0.2) is 4.39 Å². The summed E-state index contributed by atoms with van der Waals surface area (Å²) in [5, 5.41) is 0. The van der Waals surface area contributed by atoms with Crippen LogP contribution in [0.5, 0.6) is 0 Å². The molecule has 0 aliphatic carbocycles. The molecule has 0 amide bonds. The van der Waals surface area contributed by atoms with Gasteiger partial charge in [-0.2, -0.15) is 0 Å². The summed E-state index contributed by atoms with van der Waals surface area (Å²) in [5.41, 5.74) is 2.65. The molecule has 0 unspecified atom stereocenters. The van der Waals surface area contributed by atoms with E-state index in [9.17, 15) is 4.39 Å². The maximum Gasteiger partial charge on any atom is 0.123 e. The van der Waals surface area contributed by atoms with E-state index in [2.05, 4.69) is 25.7 Å². The molecule has 1 aromatic carbocycles. The Balaban J connectivity index is 2.24. The Morgan fingerprint density at radius 1 is 1.20 bits per heavy atom. The number of fused-ring (bicyclic) bond motifs is 1. The van der Waals surface area contributed by atoms with E-state index in [1.807, 2.05) is 6.07 Å². The van der Waals surface area contributed by atoms with Crippen molar-refractivity contribution in [2.75, 3.05) is 6.54 Å². The van der Waals surface area contributed by atoms with Gasteiger partial charge in [0.05, 0.1) is 0 Å². The van der Waals surface area contributed by atoms with Crippen molar-refractivity contribution in [3.63, 3.8) is 0 Å². The lowest BCUT2D eigenvalue weighted by atomic mass is 9.95. The van der Waals surface area contributed by atoms with E-state index in [0.29, 0.717) is 0 Å². The standard InChI is InChI=1S/C13H18FN/c1-13(2,3)15-7-6-10-8-12(14)5-4-11(10)9-15/h4-5,8H,6-7,9H2,1-3H3. The minimum atomic E-state index is -0.113. The van der Waals surface area contributed by atoms with Crippen molar-refractivity contribution >= 4 is 0 Å². The van der Waals surface area contributed by atoms with Gasteiger partial charge in [0.15, 0.2) is 0 Å². The summed E-state index contributed by atoms with van der Waals surface area (Å²) < 4.78 is 13.0. The zero-order chi connectivity index (χ0) is 11.1. The molecular formula is C13H18FN. The van der Waals surface area contributed by atoms with Gasteiger partial charge in [0, 0.05) is 18.6 Å². The first-order valence-corrected chi connectivity index (χ1v) is 5.49. The SMILES string of the molecule is CC(C)(C)N1CCc2cc(F)ccc2C1. The van der Waals surface area contributed by atoms with Crippen molar-refractivity contribution in [3.05, 3.63) is 35.1 Å². The van der Waals surface area contributed by atoms with E-state index in [0.717, 1.165) is 19.5 Å². The fourth-order valence-corrected chi connectivity index (χ4v) is 2.09. The highest BCUT2D eigenvalue weighted by Gasteiger charge is 2.25. The highest BCUT2D eigenvalue weighted by molar-refractivity contribution is 5.30. The minimum absolute atomic E-state index is 0.113. The Labute approximate surface area is 90.9 Å². The maximum atomic E-state index is 13.0. The van der Waals surface area contributed by atoms with E-state index in [1.54, 1.807) is 12.1 Å². The van der Waals surface area contributed by atoms with Crippen molar-refractivity contribution in [1.82, 2.24) is 4.90 Å². The lowest BCUT2D eigenvalue weighted by molar-refractivity contribution is 0.120. The summed E-state index contributed by atoms with van der Waals surface area (Å²) in [7, 11) is 0. The minimum Gasteiger partial charge on any atom is -0.294 e. The first-order valence-electron chi connectivity index (χ1n) is 5.49. The zero-order valence-electron chi connectivity index (χ0n) is 9.68. The predicted molar refractivity (Wildman–Crippen MR) is 60.3 cm³/mol. The van der Waals surface area contributed by atoms with Gasteiger partial charge in [-0.15, -0.1) is 0 Å². The quantitative estimate of drug-likeness (QED) is 0.632. The van der Waals surface area contributed by atoms with Crippen LogP contribution in [0.1, 0.15) is 31.9 Å². The van der Waals surface area contributed by atoms with Crippen LogP contribution in [-0.2, 0) is 13.0 Å². The fourth-order valence-electron chi connectivity index (χ4n) is 2.09. The summed E-state index contributed by atoms with van der Waals surface area (Å²) >= 11 is 0. The Bertz CT molecular complexity index is 365. The lowest BCUT2D eigenvalue weighted by Crippen LogP contribution is -2.44. The van der Waals surface area contributed by atoms with E-state index in [-0.39, 0.29) is 11.4 Å². The number of hydrogen-bond donors (Lipinski definition) is 0. The molecule has 1 heterocycles. The second kappa shape index (κ2) is 3.60. The van der Waals surface area contributed by atoms with Gasteiger partial charge in [0.2, 0.25) is 0 Å². The lowest BCUT2D eigenvalue weighted by Gasteiger charge is -2.39. The van der Waals surface area contributed by atoms with Crippen LogP contribution in [0.15, 0.2) is 18.2 Å². The summed E-state index contributed by atoms with van der Waals surface area (Å²) in [6.45, 7) is 8.64. The molecule has 0 bridgehead atoms. The van der Waals surface area contributed by atoms with Crippen LogP contribution in [0.3, 0.4) is 0 Å². The number of halogens is 1. The molecule has 0 fully saturated rings. The number of benzene rings is 1. The smallest absolute Gasteiger partial charge is 0.123 e. The van der Waals surface area contributed by atoms with E-state index in [4.69, 9.17) is 0 Å². The monoisotopic (exact) mass is 207 g/mol. The van der Waals surface area contributed by atoms with Gasteiger partial charge in [-0.3, -0.25) is 4.90 Å². The summed E-state index contributed by atoms with van der Waals surface area (Å²) in [6, 6.07) is 5.16. The third-order valence-corrected chi connectivity index (χ3v) is 3.13. The van der Waals surface area contributed by atoms with Gasteiger partial charge in [-0.05, 0) is 50.5 Å². The molecule has 1 nitrogen and oxygen atoms in total. The molecule has 2 heteroatoms. The second-order valence-electron chi connectivity index (χ2n) is 5.26. The Morgan fingerprint density at radius 3 is 2.60 bits per heavy atom. The fraction of sp³-hybridized carbons (Fsp3) is 0.538. The van der Waals surface area contributed by atoms with Crippen molar-refractivity contribution in [3.8, 4) is 0 Å². The summed E-state index contributed by atoms with van der Waals surface area (Å²) in [5.74, 6) is -0.113. The van der Waals surface area contributed by atoms with E-state index >= 15 is 0 Å². The average molecular weight is 207 g/mol.